The van der Waals surface area contributed by atoms with Crippen molar-refractivity contribution in [3.8, 4) is 0 Å². The Morgan fingerprint density at radius 2 is 2.14 bits per heavy atom. The van der Waals surface area contributed by atoms with Crippen molar-refractivity contribution in [2.24, 2.45) is 10.1 Å². The lowest BCUT2D eigenvalue weighted by molar-refractivity contribution is -0.141. The number of halogens is 4. The van der Waals surface area contributed by atoms with E-state index in [-0.39, 0.29) is 6.54 Å². The number of rotatable bonds is 8. The summed E-state index contributed by atoms with van der Waals surface area (Å²) in [5.74, 6) is 0.601. The lowest BCUT2D eigenvalue weighted by Crippen LogP contribution is -2.26. The van der Waals surface area contributed by atoms with Crippen LogP contribution < -0.4 is 5.32 Å². The van der Waals surface area contributed by atoms with Gasteiger partial charge in [-0.05, 0) is 39.0 Å². The van der Waals surface area contributed by atoms with Gasteiger partial charge in [0.1, 0.15) is 11.5 Å². The fraction of sp³-hybridized carbons (Fsp3) is 0.211. The highest BCUT2D eigenvalue weighted by molar-refractivity contribution is 9.12. The van der Waals surface area contributed by atoms with Crippen LogP contribution in [0, 0.1) is 0 Å². The fourth-order valence-electron chi connectivity index (χ4n) is 2.16. The summed E-state index contributed by atoms with van der Waals surface area (Å²) >= 11 is 4.76. The Labute approximate surface area is 179 Å². The summed E-state index contributed by atoms with van der Waals surface area (Å²) in [5.41, 5.74) is 0.415. The van der Waals surface area contributed by atoms with Crippen molar-refractivity contribution in [3.63, 3.8) is 0 Å². The molecule has 0 atom stereocenters. The molecule has 0 aromatic carbocycles. The van der Waals surface area contributed by atoms with Crippen molar-refractivity contribution in [1.82, 2.24) is 15.3 Å². The number of pyridine rings is 1. The summed E-state index contributed by atoms with van der Waals surface area (Å²) in [5, 5.41) is 11.0. The van der Waals surface area contributed by atoms with Gasteiger partial charge in [0.05, 0.1) is 16.8 Å². The molecule has 2 heterocycles. The van der Waals surface area contributed by atoms with Gasteiger partial charge in [-0.15, -0.1) is 11.3 Å². The van der Waals surface area contributed by atoms with Gasteiger partial charge in [-0.1, -0.05) is 18.7 Å². The topological polar surface area (TPSA) is 52.9 Å². The van der Waals surface area contributed by atoms with Crippen molar-refractivity contribution >= 4 is 39.2 Å². The standard InChI is InChI=1S/C19H19BrF3N5S/c1-13(20)10-27-28(3)18(9-15(24-2)16-5-4-8-29-16)26-12-14-6-7-17(25-11-14)19(21,22)23/h4-11,26H,1,12H2,2-3H3/b18-9-,24-15+,27-10-. The van der Waals surface area contributed by atoms with Crippen LogP contribution in [-0.4, -0.2) is 36.0 Å². The average Bonchev–Trinajstić information content (AvgIpc) is 3.20. The first-order valence-electron chi connectivity index (χ1n) is 8.31. The average molecular weight is 486 g/mol. The molecule has 0 aliphatic rings. The maximum Gasteiger partial charge on any atom is 0.433 e. The number of aromatic nitrogens is 1. The van der Waals surface area contributed by atoms with E-state index in [2.05, 4.69) is 42.9 Å². The molecule has 0 spiro atoms. The van der Waals surface area contributed by atoms with Gasteiger partial charge in [-0.3, -0.25) is 15.0 Å². The summed E-state index contributed by atoms with van der Waals surface area (Å²) in [7, 11) is 3.42. The summed E-state index contributed by atoms with van der Waals surface area (Å²) in [6, 6.07) is 6.22. The van der Waals surface area contributed by atoms with Gasteiger partial charge in [0, 0.05) is 37.4 Å². The van der Waals surface area contributed by atoms with E-state index in [1.165, 1.54) is 18.5 Å². The Morgan fingerprint density at radius 3 is 2.66 bits per heavy atom. The quantitative estimate of drug-likeness (QED) is 0.421. The van der Waals surface area contributed by atoms with Gasteiger partial charge in [-0.2, -0.15) is 18.3 Å². The zero-order chi connectivity index (χ0) is 21.4. The van der Waals surface area contributed by atoms with Gasteiger partial charge in [0.15, 0.2) is 0 Å². The molecule has 2 aromatic heterocycles. The minimum atomic E-state index is -4.46. The highest BCUT2D eigenvalue weighted by Gasteiger charge is 2.31. The molecule has 154 valence electrons. The Hall–Kier alpha value is -2.46. The number of nitrogens with zero attached hydrogens (tertiary/aromatic N) is 4. The molecule has 10 heteroatoms. The third kappa shape index (κ3) is 7.13. The largest absolute Gasteiger partial charge is 0.433 e. The molecule has 29 heavy (non-hydrogen) atoms. The molecular weight excluding hydrogens is 467 g/mol. The van der Waals surface area contributed by atoms with Crippen LogP contribution in [0.2, 0.25) is 0 Å². The normalized spacial score (nSPS) is 13.0. The smallest absolute Gasteiger partial charge is 0.366 e. The molecule has 0 saturated carbocycles. The van der Waals surface area contributed by atoms with Crippen LogP contribution in [0.1, 0.15) is 16.1 Å². The molecule has 0 aliphatic carbocycles. The summed E-state index contributed by atoms with van der Waals surface area (Å²) in [6.45, 7) is 3.96. The van der Waals surface area contributed by atoms with E-state index in [9.17, 15) is 13.2 Å². The minimum absolute atomic E-state index is 0.257. The second-order valence-electron chi connectivity index (χ2n) is 5.73. The van der Waals surface area contributed by atoms with Crippen LogP contribution in [0.4, 0.5) is 13.2 Å². The first-order chi connectivity index (χ1) is 13.7. The predicted octanol–water partition coefficient (Wildman–Crippen LogP) is 5.04. The minimum Gasteiger partial charge on any atom is -0.366 e. The molecule has 0 radical (unpaired) electrons. The van der Waals surface area contributed by atoms with Gasteiger partial charge < -0.3 is 5.32 Å². The van der Waals surface area contributed by atoms with E-state index in [0.717, 1.165) is 16.7 Å². The number of aliphatic imine (C=N–C) groups is 1. The zero-order valence-corrected chi connectivity index (χ0v) is 18.1. The van der Waals surface area contributed by atoms with E-state index < -0.39 is 11.9 Å². The molecule has 1 N–H and O–H groups in total. The molecule has 2 aromatic rings. The number of hydrogen-bond donors (Lipinski definition) is 1. The third-order valence-corrected chi connectivity index (χ3v) is 4.69. The van der Waals surface area contributed by atoms with Crippen molar-refractivity contribution in [2.45, 2.75) is 12.7 Å². The Kier molecular flexibility index (Phi) is 8.15. The number of allylic oxidation sites excluding steroid dienone is 2. The van der Waals surface area contributed by atoms with Crippen LogP contribution in [0.5, 0.6) is 0 Å². The highest BCUT2D eigenvalue weighted by atomic mass is 79.9. The van der Waals surface area contributed by atoms with E-state index >= 15 is 0 Å². The van der Waals surface area contributed by atoms with E-state index in [1.807, 2.05) is 23.6 Å². The number of alkyl halides is 3. The molecular formula is C19H19BrF3N5S. The molecule has 0 unspecified atom stereocenters. The van der Waals surface area contributed by atoms with Crippen LogP contribution in [0.25, 0.3) is 0 Å². The van der Waals surface area contributed by atoms with Crippen LogP contribution in [0.15, 0.2) is 68.9 Å². The summed E-state index contributed by atoms with van der Waals surface area (Å²) < 4.78 is 38.6. The maximum absolute atomic E-state index is 12.7. The number of hydrazone groups is 1. The molecule has 0 bridgehead atoms. The van der Waals surface area contributed by atoms with Gasteiger partial charge in [0.2, 0.25) is 0 Å². The summed E-state index contributed by atoms with van der Waals surface area (Å²) in [6.07, 6.45) is 0.0865. The first-order valence-corrected chi connectivity index (χ1v) is 9.98. The van der Waals surface area contributed by atoms with Crippen molar-refractivity contribution in [2.75, 3.05) is 14.1 Å². The monoisotopic (exact) mass is 485 g/mol. The van der Waals surface area contributed by atoms with Crippen molar-refractivity contribution < 1.29 is 13.2 Å². The second-order valence-corrected chi connectivity index (χ2v) is 7.70. The number of thiophene rings is 1. The van der Waals surface area contributed by atoms with Gasteiger partial charge in [-0.25, -0.2) is 0 Å². The van der Waals surface area contributed by atoms with Crippen LogP contribution in [-0.2, 0) is 12.7 Å². The Balaban J connectivity index is 2.23. The van der Waals surface area contributed by atoms with Gasteiger partial charge in [0.25, 0.3) is 0 Å². The highest BCUT2D eigenvalue weighted by Crippen LogP contribution is 2.27. The molecule has 0 fully saturated rings. The zero-order valence-electron chi connectivity index (χ0n) is 15.7. The lowest BCUT2D eigenvalue weighted by Gasteiger charge is -2.19. The van der Waals surface area contributed by atoms with Crippen LogP contribution >= 0.6 is 27.3 Å². The molecule has 2 rings (SSSR count). The molecule has 5 nitrogen and oxygen atoms in total. The molecule has 0 aliphatic heterocycles. The number of hydrogen-bond acceptors (Lipinski definition) is 6. The van der Waals surface area contributed by atoms with Crippen molar-refractivity contribution in [1.29, 1.82) is 0 Å². The lowest BCUT2D eigenvalue weighted by atomic mass is 10.2. The third-order valence-electron chi connectivity index (χ3n) is 3.60. The number of nitrogens with one attached hydrogen (secondary N) is 1. The molecule has 0 amide bonds. The van der Waals surface area contributed by atoms with Gasteiger partial charge >= 0.3 is 6.18 Å². The second kappa shape index (κ2) is 10.4. The SMILES string of the molecule is C=C(Br)/C=N\N(C)/C(=C\C(=N/C)c1cccs1)NCc1ccc(C(F)(F)F)nc1. The fourth-order valence-corrected chi connectivity index (χ4v) is 2.98. The van der Waals surface area contributed by atoms with E-state index in [0.29, 0.717) is 15.9 Å². The van der Waals surface area contributed by atoms with E-state index in [4.69, 9.17) is 0 Å². The first kappa shape index (κ1) is 22.8. The summed E-state index contributed by atoms with van der Waals surface area (Å²) in [4.78, 5) is 8.77. The Bertz CT molecular complexity index is 903. The van der Waals surface area contributed by atoms with Crippen molar-refractivity contribution in [3.05, 3.63) is 74.9 Å². The maximum atomic E-state index is 12.7. The Morgan fingerprint density at radius 1 is 1.38 bits per heavy atom. The molecule has 0 saturated heterocycles. The predicted molar refractivity (Wildman–Crippen MR) is 115 cm³/mol. The van der Waals surface area contributed by atoms with E-state index in [1.54, 1.807) is 30.4 Å². The van der Waals surface area contributed by atoms with Crippen LogP contribution in [0.3, 0.4) is 0 Å².